The van der Waals surface area contributed by atoms with Crippen LogP contribution in [0.3, 0.4) is 0 Å². The number of carbonyl (C=O) groups excluding carboxylic acids is 2. The van der Waals surface area contributed by atoms with Gasteiger partial charge in [-0.2, -0.15) is 0 Å². The molecular weight excluding hydrogens is 266 g/mol. The number of carbonyl (C=O) groups is 2. The zero-order valence-electron chi connectivity index (χ0n) is 11.8. The highest BCUT2D eigenvalue weighted by Gasteiger charge is 2.33. The molecule has 5 heteroatoms. The van der Waals surface area contributed by atoms with E-state index in [1.54, 1.807) is 26.4 Å². The highest BCUT2D eigenvalue weighted by Crippen LogP contribution is 2.33. The second-order valence-corrected chi connectivity index (χ2v) is 4.99. The van der Waals surface area contributed by atoms with Crippen molar-refractivity contribution >= 4 is 23.1 Å². The van der Waals surface area contributed by atoms with Gasteiger partial charge < -0.3 is 10.2 Å². The highest BCUT2D eigenvalue weighted by atomic mass is 16.2. The molecule has 1 unspecified atom stereocenters. The molecule has 1 atom stereocenters. The summed E-state index contributed by atoms with van der Waals surface area (Å²) in [5, 5.41) is 2.61. The van der Waals surface area contributed by atoms with Crippen LogP contribution in [0.4, 0.5) is 0 Å². The predicted molar refractivity (Wildman–Crippen MR) is 80.6 cm³/mol. The minimum atomic E-state index is -0.131. The number of hydrogen-bond donors (Lipinski definition) is 1. The summed E-state index contributed by atoms with van der Waals surface area (Å²) in [6, 6.07) is 7.37. The Kier molecular flexibility index (Phi) is 3.17. The van der Waals surface area contributed by atoms with Crippen LogP contribution < -0.4 is 5.32 Å². The van der Waals surface area contributed by atoms with Gasteiger partial charge in [-0.25, -0.2) is 0 Å². The van der Waals surface area contributed by atoms with E-state index in [1.165, 1.54) is 4.90 Å². The van der Waals surface area contributed by atoms with Crippen molar-refractivity contribution in [3.63, 3.8) is 0 Å². The average Bonchev–Trinajstić information content (AvgIpc) is 3.00. The van der Waals surface area contributed by atoms with Gasteiger partial charge in [0.2, 0.25) is 0 Å². The summed E-state index contributed by atoms with van der Waals surface area (Å²) < 4.78 is 0. The van der Waals surface area contributed by atoms with Gasteiger partial charge in [0.05, 0.1) is 5.92 Å². The summed E-state index contributed by atoms with van der Waals surface area (Å²) in [6.07, 6.45) is 5.37. The van der Waals surface area contributed by atoms with Crippen LogP contribution in [-0.4, -0.2) is 36.5 Å². The van der Waals surface area contributed by atoms with Crippen LogP contribution in [0.5, 0.6) is 0 Å². The molecule has 5 nitrogen and oxygen atoms in total. The molecule has 2 aliphatic rings. The number of amides is 2. The zero-order valence-corrected chi connectivity index (χ0v) is 11.8. The van der Waals surface area contributed by atoms with E-state index >= 15 is 0 Å². The van der Waals surface area contributed by atoms with Crippen LogP contribution in [0.2, 0.25) is 0 Å². The van der Waals surface area contributed by atoms with Gasteiger partial charge in [0.1, 0.15) is 5.71 Å². The number of hydrogen-bond acceptors (Lipinski definition) is 3. The zero-order chi connectivity index (χ0) is 15.0. The monoisotopic (exact) mass is 281 g/mol. The lowest BCUT2D eigenvalue weighted by Crippen LogP contribution is -2.37. The van der Waals surface area contributed by atoms with Crippen molar-refractivity contribution < 1.29 is 9.59 Å². The molecule has 3 rings (SSSR count). The summed E-state index contributed by atoms with van der Waals surface area (Å²) in [5.41, 5.74) is 3.01. The van der Waals surface area contributed by atoms with Gasteiger partial charge in [0.15, 0.2) is 0 Å². The Morgan fingerprint density at radius 2 is 2.19 bits per heavy atom. The van der Waals surface area contributed by atoms with Gasteiger partial charge in [-0.05, 0) is 23.3 Å². The quantitative estimate of drug-likeness (QED) is 0.891. The van der Waals surface area contributed by atoms with Crippen molar-refractivity contribution in [2.24, 2.45) is 10.9 Å². The number of aliphatic imine (C=N–C) groups is 1. The van der Waals surface area contributed by atoms with Crippen molar-refractivity contribution in [2.75, 3.05) is 14.1 Å². The van der Waals surface area contributed by atoms with E-state index in [9.17, 15) is 9.59 Å². The van der Waals surface area contributed by atoms with Crippen LogP contribution in [-0.2, 0) is 4.79 Å². The van der Waals surface area contributed by atoms with E-state index in [1.807, 2.05) is 30.5 Å². The molecule has 0 aliphatic carbocycles. The summed E-state index contributed by atoms with van der Waals surface area (Å²) in [4.78, 5) is 29.5. The molecule has 106 valence electrons. The van der Waals surface area contributed by atoms with E-state index in [-0.39, 0.29) is 17.7 Å². The van der Waals surface area contributed by atoms with Gasteiger partial charge in [0.25, 0.3) is 11.8 Å². The molecule has 1 N–H and O–H groups in total. The normalized spacial score (nSPS) is 20.0. The van der Waals surface area contributed by atoms with Gasteiger partial charge in [-0.15, -0.1) is 0 Å². The van der Waals surface area contributed by atoms with E-state index in [2.05, 4.69) is 10.3 Å². The summed E-state index contributed by atoms with van der Waals surface area (Å²) >= 11 is 0. The number of nitrogens with one attached hydrogen (secondary N) is 1. The third-order valence-corrected chi connectivity index (χ3v) is 3.68. The number of allylic oxidation sites excluding steroid dienone is 2. The minimum Gasteiger partial charge on any atom is -0.355 e. The summed E-state index contributed by atoms with van der Waals surface area (Å²) in [5.74, 6) is -0.349. The number of benzene rings is 1. The van der Waals surface area contributed by atoms with Crippen LogP contribution in [0, 0.1) is 5.92 Å². The maximum Gasteiger partial charge on any atom is 0.272 e. The molecule has 2 aliphatic heterocycles. The molecule has 0 saturated heterocycles. The van der Waals surface area contributed by atoms with Crippen molar-refractivity contribution in [3.8, 4) is 0 Å². The fraction of sp³-hybridized carbons (Fsp3) is 0.188. The summed E-state index contributed by atoms with van der Waals surface area (Å²) in [6.45, 7) is 0. The van der Waals surface area contributed by atoms with Gasteiger partial charge in [0, 0.05) is 32.1 Å². The van der Waals surface area contributed by atoms with E-state index < -0.39 is 0 Å². The molecular formula is C16H15N3O2. The van der Waals surface area contributed by atoms with Gasteiger partial charge in [-0.1, -0.05) is 18.2 Å². The largest absolute Gasteiger partial charge is 0.355 e. The smallest absolute Gasteiger partial charge is 0.272 e. The second-order valence-electron chi connectivity index (χ2n) is 4.99. The SMILES string of the molecule is CNC(=O)c1cccc(C2=CN(C)C(=O)C3=NC=CC23)c1. The highest BCUT2D eigenvalue weighted by molar-refractivity contribution is 6.44. The Hall–Kier alpha value is -2.69. The molecule has 1 aromatic carbocycles. The lowest BCUT2D eigenvalue weighted by molar-refractivity contribution is -0.121. The third kappa shape index (κ3) is 2.16. The van der Waals surface area contributed by atoms with E-state index in [0.29, 0.717) is 11.3 Å². The Labute approximate surface area is 122 Å². The Bertz CT molecular complexity index is 716. The summed E-state index contributed by atoms with van der Waals surface area (Å²) in [7, 11) is 3.31. The lowest BCUT2D eigenvalue weighted by atomic mass is 9.86. The minimum absolute atomic E-state index is 0.0868. The molecule has 0 bridgehead atoms. The third-order valence-electron chi connectivity index (χ3n) is 3.68. The molecule has 0 radical (unpaired) electrons. The van der Waals surface area contributed by atoms with Crippen LogP contribution in [0.1, 0.15) is 15.9 Å². The molecule has 0 fully saturated rings. The lowest BCUT2D eigenvalue weighted by Gasteiger charge is -2.26. The molecule has 0 spiro atoms. The predicted octanol–water partition coefficient (Wildman–Crippen LogP) is 1.44. The van der Waals surface area contributed by atoms with Crippen molar-refractivity contribution in [1.82, 2.24) is 10.2 Å². The van der Waals surface area contributed by atoms with Crippen LogP contribution >= 0.6 is 0 Å². The first-order chi connectivity index (χ1) is 10.1. The second kappa shape index (κ2) is 5.01. The molecule has 2 amide bonds. The van der Waals surface area contributed by atoms with E-state index in [4.69, 9.17) is 0 Å². The standard InChI is InChI=1S/C16H15N3O2/c1-17-15(20)11-5-3-4-10(8-11)13-9-19(2)16(21)14-12(13)6-7-18-14/h3-9,12H,1-2H3,(H,17,20). The fourth-order valence-electron chi connectivity index (χ4n) is 2.59. The maximum atomic E-state index is 12.1. The molecule has 21 heavy (non-hydrogen) atoms. The molecule has 0 saturated carbocycles. The first kappa shape index (κ1) is 13.3. The maximum absolute atomic E-state index is 12.1. The Morgan fingerprint density at radius 1 is 1.38 bits per heavy atom. The number of nitrogens with zero attached hydrogens (tertiary/aromatic N) is 2. The topological polar surface area (TPSA) is 61.8 Å². The van der Waals surface area contributed by atoms with Gasteiger partial charge >= 0.3 is 0 Å². The molecule has 1 aromatic rings. The van der Waals surface area contributed by atoms with Crippen molar-refractivity contribution in [3.05, 3.63) is 53.9 Å². The van der Waals surface area contributed by atoms with Crippen molar-refractivity contribution in [2.45, 2.75) is 0 Å². The number of fused-ring (bicyclic) bond motifs is 1. The molecule has 0 aromatic heterocycles. The van der Waals surface area contributed by atoms with Crippen LogP contribution in [0.15, 0.2) is 47.7 Å². The first-order valence-electron chi connectivity index (χ1n) is 6.67. The number of rotatable bonds is 2. The molecule has 2 heterocycles. The Morgan fingerprint density at radius 3 is 2.95 bits per heavy atom. The van der Waals surface area contributed by atoms with Gasteiger partial charge in [-0.3, -0.25) is 14.6 Å². The van der Waals surface area contributed by atoms with Crippen LogP contribution in [0.25, 0.3) is 5.57 Å². The Balaban J connectivity index is 2.06. The fourth-order valence-corrected chi connectivity index (χ4v) is 2.59. The first-order valence-corrected chi connectivity index (χ1v) is 6.67. The van der Waals surface area contributed by atoms with Crippen molar-refractivity contribution in [1.29, 1.82) is 0 Å². The van der Waals surface area contributed by atoms with E-state index in [0.717, 1.165) is 11.1 Å². The average molecular weight is 281 g/mol.